The van der Waals surface area contributed by atoms with E-state index < -0.39 is 0 Å². The molecule has 0 aromatic heterocycles. The van der Waals surface area contributed by atoms with Gasteiger partial charge >= 0.3 is 0 Å². The smallest absolute Gasteiger partial charge is 0.0802 e. The monoisotopic (exact) mass is 230 g/mol. The van der Waals surface area contributed by atoms with E-state index in [9.17, 15) is 0 Å². The minimum atomic E-state index is 0.303. The number of hydrogen-bond acceptors (Lipinski definition) is 5. The average molecular weight is 230 g/mol. The summed E-state index contributed by atoms with van der Waals surface area (Å²) in [7, 11) is 0. The maximum absolute atomic E-state index is 4.33. The van der Waals surface area contributed by atoms with Crippen LogP contribution in [0.1, 0.15) is 0 Å². The van der Waals surface area contributed by atoms with Crippen LogP contribution < -0.4 is 0 Å². The first-order chi connectivity index (χ1) is 4.83. The molecule has 0 saturated carbocycles. The van der Waals surface area contributed by atoms with Gasteiger partial charge in [-0.1, -0.05) is 0 Å². The van der Waals surface area contributed by atoms with E-state index in [2.05, 4.69) is 25.3 Å². The van der Waals surface area contributed by atoms with Crippen LogP contribution in [0.5, 0.6) is 0 Å². The molecule has 0 atom stereocenters. The van der Waals surface area contributed by atoms with Crippen molar-refractivity contribution < 1.29 is 0 Å². The Balaban J connectivity index is 2.44. The lowest BCUT2D eigenvalue weighted by Crippen LogP contribution is -2.27. The third-order valence-corrected chi connectivity index (χ3v) is 7.84. The number of thiol groups is 2. The Bertz CT molecular complexity index is 92.2. The molecule has 0 nitrogen and oxygen atoms in total. The molecule has 1 saturated heterocycles. The molecule has 5 heteroatoms. The fraction of sp³-hybridized carbons (Fsp3) is 1.00. The normalized spacial score (nSPS) is 24.6. The molecule has 1 heterocycles. The minimum Gasteiger partial charge on any atom is -0.177 e. The topological polar surface area (TPSA) is 0 Å². The standard InChI is InChI=1S/C5H10S5/c6-1-5(2-7)9-3-8-4-10-5/h6-7H,1-4H2. The third kappa shape index (κ3) is 2.37. The molecule has 10 heavy (non-hydrogen) atoms. The Morgan fingerprint density at radius 1 is 1.10 bits per heavy atom. The lowest BCUT2D eigenvalue weighted by atomic mass is 10.5. The second-order valence-corrected chi connectivity index (χ2v) is 7.28. The number of thioether (sulfide) groups is 3. The molecule has 1 rings (SSSR count). The van der Waals surface area contributed by atoms with Crippen molar-refractivity contribution in [2.75, 3.05) is 21.7 Å². The van der Waals surface area contributed by atoms with Gasteiger partial charge in [-0.2, -0.15) is 25.3 Å². The van der Waals surface area contributed by atoms with E-state index in [0.717, 1.165) is 11.5 Å². The van der Waals surface area contributed by atoms with Gasteiger partial charge in [0.2, 0.25) is 0 Å². The highest BCUT2D eigenvalue weighted by molar-refractivity contribution is 8.33. The van der Waals surface area contributed by atoms with Crippen molar-refractivity contribution in [1.82, 2.24) is 0 Å². The van der Waals surface area contributed by atoms with Gasteiger partial charge in [0.05, 0.1) is 4.08 Å². The molecule has 0 aromatic rings. The summed E-state index contributed by atoms with van der Waals surface area (Å²) >= 11 is 14.6. The van der Waals surface area contributed by atoms with Gasteiger partial charge in [-0.15, -0.1) is 35.3 Å². The molecule has 60 valence electrons. The van der Waals surface area contributed by atoms with Crippen molar-refractivity contribution in [3.63, 3.8) is 0 Å². The lowest BCUT2D eigenvalue weighted by molar-refractivity contribution is 1.08. The number of hydrogen-bond donors (Lipinski definition) is 2. The largest absolute Gasteiger partial charge is 0.177 e. The summed E-state index contributed by atoms with van der Waals surface area (Å²) in [6.07, 6.45) is 0. The van der Waals surface area contributed by atoms with Crippen molar-refractivity contribution in [1.29, 1.82) is 0 Å². The zero-order valence-electron chi connectivity index (χ0n) is 5.45. The van der Waals surface area contributed by atoms with Gasteiger partial charge in [0.1, 0.15) is 0 Å². The van der Waals surface area contributed by atoms with Crippen LogP contribution in [0.4, 0.5) is 0 Å². The Morgan fingerprint density at radius 2 is 1.60 bits per heavy atom. The average Bonchev–Trinajstić information content (AvgIpc) is 2.06. The Labute approximate surface area is 85.9 Å². The molecule has 0 unspecified atom stereocenters. The summed E-state index contributed by atoms with van der Waals surface area (Å²) in [5.41, 5.74) is 0. The maximum Gasteiger partial charge on any atom is 0.0802 e. The van der Waals surface area contributed by atoms with Crippen molar-refractivity contribution >= 4 is 60.5 Å². The van der Waals surface area contributed by atoms with Crippen LogP contribution in [0, 0.1) is 0 Å². The highest BCUT2D eigenvalue weighted by atomic mass is 32.3. The quantitative estimate of drug-likeness (QED) is 0.701. The van der Waals surface area contributed by atoms with E-state index in [4.69, 9.17) is 0 Å². The summed E-state index contributed by atoms with van der Waals surface area (Å²) < 4.78 is 0.303. The van der Waals surface area contributed by atoms with Crippen LogP contribution in [-0.4, -0.2) is 25.8 Å². The highest BCUT2D eigenvalue weighted by Gasteiger charge is 2.30. The van der Waals surface area contributed by atoms with Gasteiger partial charge in [-0.3, -0.25) is 0 Å². The molecule has 1 aliphatic heterocycles. The number of rotatable bonds is 2. The van der Waals surface area contributed by atoms with E-state index in [-0.39, 0.29) is 0 Å². The van der Waals surface area contributed by atoms with E-state index in [1.54, 1.807) is 0 Å². The van der Waals surface area contributed by atoms with E-state index in [1.807, 2.05) is 35.3 Å². The van der Waals surface area contributed by atoms with Crippen LogP contribution in [0.25, 0.3) is 0 Å². The van der Waals surface area contributed by atoms with Crippen molar-refractivity contribution in [3.05, 3.63) is 0 Å². The van der Waals surface area contributed by atoms with Crippen molar-refractivity contribution in [2.24, 2.45) is 0 Å². The summed E-state index contributed by atoms with van der Waals surface area (Å²) in [4.78, 5) is 0. The van der Waals surface area contributed by atoms with Gasteiger partial charge in [-0.05, 0) is 0 Å². The molecule has 0 aromatic carbocycles. The van der Waals surface area contributed by atoms with Gasteiger partial charge in [0.25, 0.3) is 0 Å². The van der Waals surface area contributed by atoms with Crippen LogP contribution >= 0.6 is 60.5 Å². The molecule has 0 N–H and O–H groups in total. The molecule has 0 bridgehead atoms. The summed E-state index contributed by atoms with van der Waals surface area (Å²) in [5.74, 6) is 1.87. The minimum absolute atomic E-state index is 0.303. The molecular weight excluding hydrogens is 220 g/mol. The second kappa shape index (κ2) is 4.70. The summed E-state index contributed by atoms with van der Waals surface area (Å²) in [5, 5.41) is 2.41. The van der Waals surface area contributed by atoms with Crippen molar-refractivity contribution in [3.8, 4) is 0 Å². The first-order valence-corrected chi connectivity index (χ1v) is 7.29. The fourth-order valence-corrected chi connectivity index (χ4v) is 6.94. The van der Waals surface area contributed by atoms with Gasteiger partial charge in [0.15, 0.2) is 0 Å². The van der Waals surface area contributed by atoms with E-state index in [0.29, 0.717) is 4.08 Å². The zero-order chi connectivity index (χ0) is 7.45. The summed E-state index contributed by atoms with van der Waals surface area (Å²) in [6, 6.07) is 0. The zero-order valence-corrected chi connectivity index (χ0v) is 9.69. The first-order valence-electron chi connectivity index (χ1n) is 2.90. The van der Waals surface area contributed by atoms with Gasteiger partial charge in [0, 0.05) is 21.7 Å². The summed E-state index contributed by atoms with van der Waals surface area (Å²) in [6.45, 7) is 0. The van der Waals surface area contributed by atoms with Crippen LogP contribution in [0.2, 0.25) is 0 Å². The molecule has 1 aliphatic rings. The van der Waals surface area contributed by atoms with E-state index >= 15 is 0 Å². The predicted octanol–water partition coefficient (Wildman–Crippen LogP) is 2.67. The lowest BCUT2D eigenvalue weighted by Gasteiger charge is -2.32. The molecule has 0 spiro atoms. The second-order valence-electron chi connectivity index (χ2n) is 1.96. The SMILES string of the molecule is SCC1(CS)SCSCS1. The third-order valence-electron chi connectivity index (χ3n) is 1.29. The molecule has 0 aliphatic carbocycles. The van der Waals surface area contributed by atoms with Crippen LogP contribution in [0.15, 0.2) is 0 Å². The Hall–Kier alpha value is 1.75. The van der Waals surface area contributed by atoms with Crippen LogP contribution in [0.3, 0.4) is 0 Å². The Kier molecular flexibility index (Phi) is 4.62. The van der Waals surface area contributed by atoms with Crippen LogP contribution in [-0.2, 0) is 0 Å². The van der Waals surface area contributed by atoms with Gasteiger partial charge < -0.3 is 0 Å². The molecule has 0 radical (unpaired) electrons. The van der Waals surface area contributed by atoms with Crippen molar-refractivity contribution in [2.45, 2.75) is 4.08 Å². The predicted molar refractivity (Wildman–Crippen MR) is 62.9 cm³/mol. The molecular formula is C5H10S5. The van der Waals surface area contributed by atoms with Gasteiger partial charge in [-0.25, -0.2) is 0 Å². The fourth-order valence-electron chi connectivity index (χ4n) is 0.606. The molecule has 1 fully saturated rings. The molecule has 0 amide bonds. The highest BCUT2D eigenvalue weighted by Crippen LogP contribution is 2.46. The Morgan fingerprint density at radius 3 is 1.90 bits per heavy atom. The van der Waals surface area contributed by atoms with E-state index in [1.165, 1.54) is 10.2 Å². The maximum atomic E-state index is 4.33. The first kappa shape index (κ1) is 9.84.